The average Bonchev–Trinajstić information content (AvgIpc) is 3.19. The lowest BCUT2D eigenvalue weighted by Gasteiger charge is -2.45. The molecular weight excluding hydrogens is 652 g/mol. The van der Waals surface area contributed by atoms with Gasteiger partial charge in [-0.2, -0.15) is 0 Å². The van der Waals surface area contributed by atoms with E-state index in [1.165, 1.54) is 13.4 Å². The van der Waals surface area contributed by atoms with Crippen LogP contribution in [0.5, 0.6) is 0 Å². The largest absolute Gasteiger partial charge is 0.493 e. The molecule has 0 spiro atoms. The highest BCUT2D eigenvalue weighted by molar-refractivity contribution is 5.76. The molecule has 2 saturated heterocycles. The molecule has 0 aliphatic carbocycles. The summed E-state index contributed by atoms with van der Waals surface area (Å²) >= 11 is 0. The van der Waals surface area contributed by atoms with Crippen molar-refractivity contribution >= 4 is 5.97 Å². The molecule has 3 aliphatic rings. The summed E-state index contributed by atoms with van der Waals surface area (Å²) in [6, 6.07) is 38.9. The van der Waals surface area contributed by atoms with Crippen LogP contribution in [0.15, 0.2) is 134 Å². The van der Waals surface area contributed by atoms with E-state index in [1.54, 1.807) is 6.08 Å². The number of carbonyl (C=O) groups is 1. The van der Waals surface area contributed by atoms with Gasteiger partial charge in [0.2, 0.25) is 0 Å². The minimum absolute atomic E-state index is 0.188. The van der Waals surface area contributed by atoms with Crippen LogP contribution in [0.2, 0.25) is 0 Å². The number of ether oxygens (including phenoxy) is 9. The van der Waals surface area contributed by atoms with E-state index in [2.05, 4.69) is 0 Å². The molecule has 9 atom stereocenters. The third-order valence-electron chi connectivity index (χ3n) is 9.04. The van der Waals surface area contributed by atoms with Crippen LogP contribution in [-0.4, -0.2) is 68.7 Å². The average molecular weight is 695 g/mol. The second kappa shape index (κ2) is 17.2. The van der Waals surface area contributed by atoms with Gasteiger partial charge >= 0.3 is 5.97 Å². The Kier molecular flexibility index (Phi) is 11.8. The van der Waals surface area contributed by atoms with Gasteiger partial charge in [-0.25, -0.2) is 4.79 Å². The van der Waals surface area contributed by atoms with Crippen LogP contribution in [-0.2, 0) is 67.2 Å². The minimum Gasteiger partial charge on any atom is -0.493 e. The third-order valence-corrected chi connectivity index (χ3v) is 9.04. The zero-order chi connectivity index (χ0) is 34.8. The molecule has 10 heteroatoms. The van der Waals surface area contributed by atoms with Gasteiger partial charge in [0.1, 0.15) is 24.4 Å². The van der Waals surface area contributed by atoms with E-state index in [4.69, 9.17) is 42.6 Å². The maximum absolute atomic E-state index is 14.3. The highest BCUT2D eigenvalue weighted by Crippen LogP contribution is 2.35. The number of hydrogen-bond acceptors (Lipinski definition) is 10. The number of hydrogen-bond donors (Lipinski definition) is 0. The highest BCUT2D eigenvalue weighted by Gasteiger charge is 2.53. The van der Waals surface area contributed by atoms with Gasteiger partial charge in [-0.3, -0.25) is 0 Å². The van der Waals surface area contributed by atoms with E-state index >= 15 is 0 Å². The van der Waals surface area contributed by atoms with Gasteiger partial charge in [-0.05, 0) is 22.8 Å². The van der Waals surface area contributed by atoms with E-state index in [0.717, 1.165) is 22.3 Å². The van der Waals surface area contributed by atoms with Crippen molar-refractivity contribution < 1.29 is 47.4 Å². The summed E-state index contributed by atoms with van der Waals surface area (Å²) in [6.07, 6.45) is -4.09. The van der Waals surface area contributed by atoms with E-state index in [-0.39, 0.29) is 26.4 Å². The Hall–Kier alpha value is -4.39. The SMILES string of the molecule is CO[C@H]1O[C@H](C(=O)O[C@H]2C=CO[C@@H]3CO[C@@H](c4ccccc4)O[C@@H]23)[C@@H](OCc2ccccc2)[C@H](OCc2ccccc2)[C@@H]1OCc1ccccc1. The van der Waals surface area contributed by atoms with E-state index < -0.39 is 61.3 Å². The summed E-state index contributed by atoms with van der Waals surface area (Å²) in [7, 11) is 1.51. The Morgan fingerprint density at radius 3 is 1.76 bits per heavy atom. The lowest BCUT2D eigenvalue weighted by atomic mass is 9.97. The van der Waals surface area contributed by atoms with Gasteiger partial charge < -0.3 is 42.6 Å². The second-order valence-electron chi connectivity index (χ2n) is 12.5. The van der Waals surface area contributed by atoms with Gasteiger partial charge in [0.25, 0.3) is 0 Å². The molecule has 4 aromatic rings. The lowest BCUT2D eigenvalue weighted by molar-refractivity contribution is -0.318. The molecule has 0 saturated carbocycles. The molecule has 0 amide bonds. The van der Waals surface area contributed by atoms with Gasteiger partial charge in [0, 0.05) is 12.7 Å². The van der Waals surface area contributed by atoms with Crippen LogP contribution in [0.4, 0.5) is 0 Å². The molecule has 4 aromatic carbocycles. The molecule has 0 aromatic heterocycles. The van der Waals surface area contributed by atoms with Gasteiger partial charge in [0.15, 0.2) is 30.9 Å². The normalized spacial score (nSPS) is 28.7. The second-order valence-corrected chi connectivity index (χ2v) is 12.5. The summed E-state index contributed by atoms with van der Waals surface area (Å²) in [6.45, 7) is 0.945. The van der Waals surface area contributed by atoms with Crippen LogP contribution in [0.1, 0.15) is 28.5 Å². The maximum Gasteiger partial charge on any atom is 0.338 e. The molecule has 266 valence electrons. The molecule has 51 heavy (non-hydrogen) atoms. The van der Waals surface area contributed by atoms with Crippen LogP contribution in [0.25, 0.3) is 0 Å². The zero-order valence-electron chi connectivity index (χ0n) is 28.3. The molecule has 10 nitrogen and oxygen atoms in total. The van der Waals surface area contributed by atoms with Gasteiger partial charge in [0.05, 0.1) is 32.7 Å². The van der Waals surface area contributed by atoms with Crippen molar-refractivity contribution in [1.29, 1.82) is 0 Å². The fourth-order valence-corrected chi connectivity index (χ4v) is 6.42. The predicted molar refractivity (Wildman–Crippen MR) is 185 cm³/mol. The van der Waals surface area contributed by atoms with E-state index in [9.17, 15) is 4.79 Å². The summed E-state index contributed by atoms with van der Waals surface area (Å²) in [5.41, 5.74) is 3.68. The summed E-state index contributed by atoms with van der Waals surface area (Å²) in [4.78, 5) is 14.3. The van der Waals surface area contributed by atoms with E-state index in [1.807, 2.05) is 121 Å². The number of benzene rings is 4. The highest BCUT2D eigenvalue weighted by atomic mass is 16.7. The van der Waals surface area contributed by atoms with Gasteiger partial charge in [-0.15, -0.1) is 0 Å². The van der Waals surface area contributed by atoms with E-state index in [0.29, 0.717) is 0 Å². The van der Waals surface area contributed by atoms with Crippen molar-refractivity contribution in [3.63, 3.8) is 0 Å². The molecule has 2 fully saturated rings. The van der Waals surface area contributed by atoms with Crippen molar-refractivity contribution in [1.82, 2.24) is 0 Å². The quantitative estimate of drug-likeness (QED) is 0.154. The fourth-order valence-electron chi connectivity index (χ4n) is 6.42. The van der Waals surface area contributed by atoms with Crippen molar-refractivity contribution in [3.05, 3.63) is 156 Å². The number of fused-ring (bicyclic) bond motifs is 1. The minimum atomic E-state index is -1.24. The smallest absolute Gasteiger partial charge is 0.338 e. The zero-order valence-corrected chi connectivity index (χ0v) is 28.3. The monoisotopic (exact) mass is 694 g/mol. The Morgan fingerprint density at radius 1 is 0.667 bits per heavy atom. The first-order chi connectivity index (χ1) is 25.2. The van der Waals surface area contributed by atoms with Crippen molar-refractivity contribution in [2.75, 3.05) is 13.7 Å². The molecule has 0 unspecified atom stereocenters. The third kappa shape index (κ3) is 8.74. The molecular formula is C41H42O10. The Bertz CT molecular complexity index is 1670. The van der Waals surface area contributed by atoms with Crippen molar-refractivity contribution in [2.24, 2.45) is 0 Å². The Balaban J connectivity index is 1.16. The van der Waals surface area contributed by atoms with Crippen LogP contribution >= 0.6 is 0 Å². The molecule has 3 heterocycles. The first-order valence-corrected chi connectivity index (χ1v) is 17.2. The molecule has 7 rings (SSSR count). The van der Waals surface area contributed by atoms with Crippen LogP contribution < -0.4 is 0 Å². The lowest BCUT2D eigenvalue weighted by Crippen LogP contribution is -2.63. The fraction of sp³-hybridized carbons (Fsp3) is 0.341. The number of rotatable bonds is 13. The van der Waals surface area contributed by atoms with Crippen molar-refractivity contribution in [3.8, 4) is 0 Å². The number of carbonyl (C=O) groups excluding carboxylic acids is 1. The Morgan fingerprint density at radius 2 is 1.20 bits per heavy atom. The first-order valence-electron chi connectivity index (χ1n) is 17.2. The number of esters is 1. The molecule has 0 N–H and O–H groups in total. The maximum atomic E-state index is 14.3. The van der Waals surface area contributed by atoms with Crippen molar-refractivity contribution in [2.45, 2.75) is 75.1 Å². The summed E-state index contributed by atoms with van der Waals surface area (Å²) < 4.78 is 56.2. The molecule has 0 radical (unpaired) electrons. The summed E-state index contributed by atoms with van der Waals surface area (Å²) in [5, 5.41) is 0. The first kappa shape index (κ1) is 35.0. The summed E-state index contributed by atoms with van der Waals surface area (Å²) in [5.74, 6) is -0.661. The van der Waals surface area contributed by atoms with Gasteiger partial charge in [-0.1, -0.05) is 121 Å². The van der Waals surface area contributed by atoms with Crippen LogP contribution in [0, 0.1) is 0 Å². The Labute approximate surface area is 297 Å². The molecule has 0 bridgehead atoms. The molecule has 3 aliphatic heterocycles. The number of methoxy groups -OCH3 is 1. The predicted octanol–water partition coefficient (Wildman–Crippen LogP) is 6.05. The topological polar surface area (TPSA) is 100 Å². The standard InChI is InChI=1S/C41H42O10/c1-43-41-38(47-26-30-18-10-4-11-19-30)36(46-25-29-16-8-3-9-17-29)35(45-24-28-14-6-2-7-15-28)37(51-41)39(42)49-32-22-23-44-33-27-48-40(50-34(32)33)31-20-12-5-13-21-31/h2-23,32-38,40-41H,24-27H2,1H3/t32-,33+,34-,35-,36-,37-,38-,40+,41-/m0/s1. The van der Waals surface area contributed by atoms with Crippen LogP contribution in [0.3, 0.4) is 0 Å².